The van der Waals surface area contributed by atoms with E-state index in [1.165, 1.54) is 55.4 Å². The number of hydrogen-bond donors (Lipinski definition) is 1. The number of fused-ring (bicyclic) bond motifs is 3. The quantitative estimate of drug-likeness (QED) is 0.561. The first-order valence-corrected chi connectivity index (χ1v) is 14.0. The van der Waals surface area contributed by atoms with Crippen molar-refractivity contribution in [3.8, 4) is 0 Å². The number of hydrogen-bond acceptors (Lipinski definition) is 5. The minimum absolute atomic E-state index is 0.0127. The third-order valence-electron chi connectivity index (χ3n) is 7.34. The molecule has 2 saturated carbocycles. The van der Waals surface area contributed by atoms with Crippen molar-refractivity contribution in [3.05, 3.63) is 26.6 Å². The standard InChI is InChI=1S/C24H33N3O2S2/c1-2-15-6-8-16(9-7-15)27(17-10-11-17)21(28)12-13-30-14-20-25-23(29)22-18-4-3-5-19(18)31-24(22)26-20/h15-17H,2-14H2,1H3,(H,25,26,29). The number of nitrogens with zero attached hydrogens (tertiary/aromatic N) is 2. The zero-order valence-electron chi connectivity index (χ0n) is 18.5. The van der Waals surface area contributed by atoms with Gasteiger partial charge in [0.05, 0.1) is 11.1 Å². The number of thiophene rings is 1. The Morgan fingerprint density at radius 2 is 1.90 bits per heavy atom. The van der Waals surface area contributed by atoms with Gasteiger partial charge < -0.3 is 9.88 Å². The fourth-order valence-electron chi connectivity index (χ4n) is 5.46. The molecule has 2 heterocycles. The van der Waals surface area contributed by atoms with Crippen molar-refractivity contribution in [1.29, 1.82) is 0 Å². The second-order valence-electron chi connectivity index (χ2n) is 9.47. The Kier molecular flexibility index (Phi) is 6.42. The number of thioether (sulfide) groups is 1. The summed E-state index contributed by atoms with van der Waals surface area (Å²) in [6.45, 7) is 2.29. The van der Waals surface area contributed by atoms with Crippen molar-refractivity contribution in [3.63, 3.8) is 0 Å². The lowest BCUT2D eigenvalue weighted by molar-refractivity contribution is -0.134. The third-order valence-corrected chi connectivity index (χ3v) is 9.49. The van der Waals surface area contributed by atoms with Gasteiger partial charge in [-0.05, 0) is 69.3 Å². The Labute approximate surface area is 192 Å². The van der Waals surface area contributed by atoms with Crippen LogP contribution in [-0.2, 0) is 23.4 Å². The predicted molar refractivity (Wildman–Crippen MR) is 129 cm³/mol. The maximum absolute atomic E-state index is 13.0. The lowest BCUT2D eigenvalue weighted by atomic mass is 9.84. The van der Waals surface area contributed by atoms with Gasteiger partial charge in [-0.15, -0.1) is 11.3 Å². The van der Waals surface area contributed by atoms with Gasteiger partial charge in [0.25, 0.3) is 5.56 Å². The summed E-state index contributed by atoms with van der Waals surface area (Å²) in [7, 11) is 0. The molecular formula is C24H33N3O2S2. The fraction of sp³-hybridized carbons (Fsp3) is 0.708. The molecule has 0 spiro atoms. The Morgan fingerprint density at radius 3 is 2.61 bits per heavy atom. The normalized spacial score (nSPS) is 23.3. The van der Waals surface area contributed by atoms with Crippen LogP contribution in [0.4, 0.5) is 0 Å². The van der Waals surface area contributed by atoms with Gasteiger partial charge in [0.15, 0.2) is 0 Å². The third kappa shape index (κ3) is 4.58. The number of nitrogens with one attached hydrogen (secondary N) is 1. The van der Waals surface area contributed by atoms with Gasteiger partial charge in [-0.2, -0.15) is 11.8 Å². The number of carbonyl (C=O) groups excluding carboxylic acids is 1. The van der Waals surface area contributed by atoms with Crippen molar-refractivity contribution < 1.29 is 4.79 Å². The van der Waals surface area contributed by atoms with E-state index in [1.807, 2.05) is 0 Å². The van der Waals surface area contributed by atoms with Gasteiger partial charge in [0.1, 0.15) is 10.7 Å². The maximum Gasteiger partial charge on any atom is 0.259 e. The van der Waals surface area contributed by atoms with Crippen molar-refractivity contribution in [1.82, 2.24) is 14.9 Å². The second-order valence-corrected chi connectivity index (χ2v) is 11.7. The van der Waals surface area contributed by atoms with Gasteiger partial charge in [-0.3, -0.25) is 9.59 Å². The number of amides is 1. The van der Waals surface area contributed by atoms with Gasteiger partial charge in [-0.1, -0.05) is 13.3 Å². The molecule has 168 valence electrons. The molecule has 31 heavy (non-hydrogen) atoms. The molecule has 2 aromatic heterocycles. The molecule has 0 aromatic carbocycles. The monoisotopic (exact) mass is 459 g/mol. The average Bonchev–Trinajstić information content (AvgIpc) is 3.38. The molecule has 0 aliphatic heterocycles. The predicted octanol–water partition coefficient (Wildman–Crippen LogP) is 5.06. The van der Waals surface area contributed by atoms with Crippen molar-refractivity contribution >= 4 is 39.2 Å². The molecule has 5 rings (SSSR count). The van der Waals surface area contributed by atoms with Gasteiger partial charge in [-0.25, -0.2) is 4.98 Å². The van der Waals surface area contributed by atoms with E-state index in [0.29, 0.717) is 30.2 Å². The summed E-state index contributed by atoms with van der Waals surface area (Å²) in [6.07, 6.45) is 12.4. The molecule has 5 nitrogen and oxygen atoms in total. The van der Waals surface area contributed by atoms with E-state index in [0.717, 1.165) is 47.0 Å². The molecule has 0 unspecified atom stereocenters. The van der Waals surface area contributed by atoms with E-state index >= 15 is 0 Å². The van der Waals surface area contributed by atoms with Crippen LogP contribution in [-0.4, -0.2) is 38.6 Å². The van der Waals surface area contributed by atoms with Crippen molar-refractivity contribution in [2.75, 3.05) is 5.75 Å². The van der Waals surface area contributed by atoms with Crippen LogP contribution in [0.15, 0.2) is 4.79 Å². The topological polar surface area (TPSA) is 66.1 Å². The van der Waals surface area contributed by atoms with Crippen LogP contribution in [0.25, 0.3) is 10.2 Å². The summed E-state index contributed by atoms with van der Waals surface area (Å²) in [5, 5.41) is 0.819. The SMILES string of the molecule is CCC1CCC(N(C(=O)CCSCc2nc3sc4c(c3c(=O)[nH]2)CCC4)C2CC2)CC1. The minimum Gasteiger partial charge on any atom is -0.337 e. The highest BCUT2D eigenvalue weighted by atomic mass is 32.2. The summed E-state index contributed by atoms with van der Waals surface area (Å²) >= 11 is 3.40. The first-order valence-electron chi connectivity index (χ1n) is 12.1. The molecule has 2 aromatic rings. The second kappa shape index (κ2) is 9.26. The van der Waals surface area contributed by atoms with Gasteiger partial charge in [0.2, 0.25) is 5.91 Å². The van der Waals surface area contributed by atoms with Gasteiger partial charge in [0, 0.05) is 29.1 Å². The minimum atomic E-state index is 0.0127. The van der Waals surface area contributed by atoms with Crippen LogP contribution < -0.4 is 5.56 Å². The van der Waals surface area contributed by atoms with Crippen LogP contribution in [0, 0.1) is 5.92 Å². The molecule has 3 aliphatic rings. The Morgan fingerprint density at radius 1 is 1.16 bits per heavy atom. The Hall–Kier alpha value is -1.34. The highest BCUT2D eigenvalue weighted by molar-refractivity contribution is 7.98. The first kappa shape index (κ1) is 21.5. The zero-order chi connectivity index (χ0) is 21.4. The molecule has 1 amide bonds. The number of aryl methyl sites for hydroxylation is 2. The molecule has 7 heteroatoms. The average molecular weight is 460 g/mol. The largest absolute Gasteiger partial charge is 0.337 e. The molecule has 3 aliphatic carbocycles. The lowest BCUT2D eigenvalue weighted by Gasteiger charge is -2.37. The molecular weight excluding hydrogens is 426 g/mol. The van der Waals surface area contributed by atoms with Gasteiger partial charge >= 0.3 is 0 Å². The van der Waals surface area contributed by atoms with Crippen LogP contribution in [0.3, 0.4) is 0 Å². The molecule has 1 N–H and O–H groups in total. The van der Waals surface area contributed by atoms with E-state index in [-0.39, 0.29) is 5.56 Å². The first-order chi connectivity index (χ1) is 15.1. The lowest BCUT2D eigenvalue weighted by Crippen LogP contribution is -2.44. The number of carbonyl (C=O) groups is 1. The zero-order valence-corrected chi connectivity index (χ0v) is 20.1. The molecule has 0 atom stereocenters. The number of aromatic nitrogens is 2. The van der Waals surface area contributed by atoms with Crippen molar-refractivity contribution in [2.45, 2.75) is 95.4 Å². The van der Waals surface area contributed by atoms with Crippen molar-refractivity contribution in [2.24, 2.45) is 5.92 Å². The number of aromatic amines is 1. The van der Waals surface area contributed by atoms with Crippen LogP contribution >= 0.6 is 23.1 Å². The maximum atomic E-state index is 13.0. The number of H-pyrrole nitrogens is 1. The molecule has 0 saturated heterocycles. The van der Waals surface area contributed by atoms with Crippen LogP contribution in [0.5, 0.6) is 0 Å². The fourth-order valence-corrected chi connectivity index (χ4v) is 7.54. The molecule has 0 radical (unpaired) electrons. The number of rotatable bonds is 8. The summed E-state index contributed by atoms with van der Waals surface area (Å²) in [4.78, 5) is 37.8. The summed E-state index contributed by atoms with van der Waals surface area (Å²) in [6, 6.07) is 0.968. The van der Waals surface area contributed by atoms with E-state index < -0.39 is 0 Å². The Balaban J connectivity index is 1.15. The van der Waals surface area contributed by atoms with E-state index in [4.69, 9.17) is 4.98 Å². The van der Waals surface area contributed by atoms with E-state index in [9.17, 15) is 9.59 Å². The molecule has 2 fully saturated rings. The van der Waals surface area contributed by atoms with Crippen LogP contribution in [0.2, 0.25) is 0 Å². The Bertz CT molecular complexity index is 1000. The molecule has 0 bridgehead atoms. The highest BCUT2D eigenvalue weighted by Crippen LogP contribution is 2.37. The summed E-state index contributed by atoms with van der Waals surface area (Å²) < 4.78 is 0. The van der Waals surface area contributed by atoms with E-state index in [2.05, 4.69) is 16.8 Å². The van der Waals surface area contributed by atoms with Crippen LogP contribution in [0.1, 0.15) is 81.0 Å². The highest BCUT2D eigenvalue weighted by Gasteiger charge is 2.38. The summed E-state index contributed by atoms with van der Waals surface area (Å²) in [5.74, 6) is 3.38. The smallest absolute Gasteiger partial charge is 0.259 e. The van der Waals surface area contributed by atoms with E-state index in [1.54, 1.807) is 23.1 Å². The summed E-state index contributed by atoms with van der Waals surface area (Å²) in [5.41, 5.74) is 1.24.